The third kappa shape index (κ3) is 3.76. The largest absolute Gasteiger partial charge is 0.338 e. The van der Waals surface area contributed by atoms with E-state index in [9.17, 15) is 0 Å². The number of fused-ring (bicyclic) bond motifs is 2. The zero-order valence-corrected chi connectivity index (χ0v) is 18.5. The average molecular weight is 419 g/mol. The Morgan fingerprint density at radius 3 is 1.44 bits per heavy atom. The quantitative estimate of drug-likeness (QED) is 0.291. The van der Waals surface area contributed by atoms with E-state index in [2.05, 4.69) is 83.8 Å². The van der Waals surface area contributed by atoms with Gasteiger partial charge in [0.2, 0.25) is 0 Å². The maximum Gasteiger partial charge on any atom is 0.138 e. The van der Waals surface area contributed by atoms with E-state index in [0.717, 1.165) is 68.8 Å². The topological polar surface area (TPSA) is 57.4 Å². The number of hydrogen-bond donors (Lipinski definition) is 2. The smallest absolute Gasteiger partial charge is 0.138 e. The van der Waals surface area contributed by atoms with E-state index in [1.807, 2.05) is 13.8 Å². The highest BCUT2D eigenvalue weighted by Gasteiger charge is 2.12. The Labute approximate surface area is 187 Å². The first-order valence-corrected chi connectivity index (χ1v) is 10.8. The van der Waals surface area contributed by atoms with E-state index in [-0.39, 0.29) is 0 Å². The molecule has 4 nitrogen and oxygen atoms in total. The first-order valence-electron chi connectivity index (χ1n) is 10.8. The predicted molar refractivity (Wildman–Crippen MR) is 134 cm³/mol. The molecule has 0 saturated carbocycles. The van der Waals surface area contributed by atoms with Gasteiger partial charge in [-0.05, 0) is 49.9 Å². The number of rotatable bonds is 6. The van der Waals surface area contributed by atoms with Gasteiger partial charge in [0.15, 0.2) is 0 Å². The van der Waals surface area contributed by atoms with E-state index >= 15 is 0 Å². The fraction of sp³-hybridized carbons (Fsp3) is 0.143. The molecule has 0 fully saturated rings. The van der Waals surface area contributed by atoms with Gasteiger partial charge in [-0.3, -0.25) is 0 Å². The molecule has 2 heterocycles. The second-order valence-electron chi connectivity index (χ2n) is 8.64. The highest BCUT2D eigenvalue weighted by atomic mass is 14.9. The molecule has 0 amide bonds. The number of imidazole rings is 2. The lowest BCUT2D eigenvalue weighted by molar-refractivity contribution is 1.16. The first-order chi connectivity index (χ1) is 15.5. The number of nitrogens with zero attached hydrogens (tertiary/aromatic N) is 2. The monoisotopic (exact) mass is 418 g/mol. The highest BCUT2D eigenvalue weighted by Crippen LogP contribution is 2.28. The van der Waals surface area contributed by atoms with Gasteiger partial charge in [0.05, 0.1) is 22.1 Å². The summed E-state index contributed by atoms with van der Waals surface area (Å²) in [6.45, 7) is 12.2. The van der Waals surface area contributed by atoms with Crippen molar-refractivity contribution < 1.29 is 0 Å². The van der Waals surface area contributed by atoms with Crippen LogP contribution in [0.2, 0.25) is 0 Å². The van der Waals surface area contributed by atoms with Crippen molar-refractivity contribution in [3.8, 4) is 22.8 Å². The van der Waals surface area contributed by atoms with Gasteiger partial charge < -0.3 is 9.97 Å². The minimum atomic E-state index is 0.833. The van der Waals surface area contributed by atoms with Crippen LogP contribution in [0.3, 0.4) is 0 Å². The number of hydrogen-bond acceptors (Lipinski definition) is 2. The van der Waals surface area contributed by atoms with Crippen molar-refractivity contribution >= 4 is 22.1 Å². The zero-order valence-electron chi connectivity index (χ0n) is 18.5. The van der Waals surface area contributed by atoms with Crippen molar-refractivity contribution in [3.05, 3.63) is 96.1 Å². The van der Waals surface area contributed by atoms with Crippen molar-refractivity contribution in [1.82, 2.24) is 19.9 Å². The molecule has 2 aromatic heterocycles. The van der Waals surface area contributed by atoms with Crippen LogP contribution in [-0.2, 0) is 12.8 Å². The summed E-state index contributed by atoms with van der Waals surface area (Å²) in [5.41, 5.74) is 10.9. The van der Waals surface area contributed by atoms with Crippen LogP contribution in [-0.4, -0.2) is 19.9 Å². The Balaban J connectivity index is 1.48. The summed E-state index contributed by atoms with van der Waals surface area (Å²) in [6.07, 6.45) is 1.67. The van der Waals surface area contributed by atoms with Crippen LogP contribution in [0, 0.1) is 0 Å². The van der Waals surface area contributed by atoms with Gasteiger partial charge in [0, 0.05) is 11.1 Å². The molecule has 2 N–H and O–H groups in total. The predicted octanol–water partition coefficient (Wildman–Crippen LogP) is 7.01. The molecular formula is C28H26N4. The summed E-state index contributed by atoms with van der Waals surface area (Å²) >= 11 is 0. The number of nitrogens with one attached hydrogen (secondary N) is 2. The molecule has 0 atom stereocenters. The van der Waals surface area contributed by atoms with Crippen LogP contribution in [0.4, 0.5) is 0 Å². The van der Waals surface area contributed by atoms with Crippen LogP contribution < -0.4 is 0 Å². The summed E-state index contributed by atoms with van der Waals surface area (Å²) in [5, 5.41) is 0. The van der Waals surface area contributed by atoms with Crippen molar-refractivity contribution in [2.24, 2.45) is 0 Å². The molecule has 0 aliphatic rings. The maximum atomic E-state index is 4.88. The Bertz CT molecular complexity index is 1350. The molecule has 3 aromatic carbocycles. The standard InChI is InChI=1S/C28H26N4/c1-17(2)15-21-7-5-9-23-25(21)31-27(29-23)19-11-13-20(14-12-19)28-30-24-10-6-8-22(16-18(3)4)26(24)32-28/h5-14H,1,3,15-16H2,2,4H3,(H,29,31)(H,30,32). The molecule has 5 aromatic rings. The third-order valence-corrected chi connectivity index (χ3v) is 5.61. The summed E-state index contributed by atoms with van der Waals surface area (Å²) < 4.78 is 0. The van der Waals surface area contributed by atoms with Crippen LogP contribution in [0.5, 0.6) is 0 Å². The van der Waals surface area contributed by atoms with Crippen LogP contribution in [0.1, 0.15) is 25.0 Å². The molecule has 0 spiro atoms. The van der Waals surface area contributed by atoms with Crippen LogP contribution in [0.25, 0.3) is 44.8 Å². The Hall–Kier alpha value is -3.92. The van der Waals surface area contributed by atoms with Gasteiger partial charge in [-0.2, -0.15) is 0 Å². The molecular weight excluding hydrogens is 392 g/mol. The van der Waals surface area contributed by atoms with E-state index in [1.165, 1.54) is 11.1 Å². The molecule has 158 valence electrons. The van der Waals surface area contributed by atoms with Crippen molar-refractivity contribution in [3.63, 3.8) is 0 Å². The molecule has 5 rings (SSSR count). The highest BCUT2D eigenvalue weighted by molar-refractivity contribution is 5.84. The van der Waals surface area contributed by atoms with E-state index in [4.69, 9.17) is 9.97 Å². The second-order valence-corrected chi connectivity index (χ2v) is 8.64. The SMILES string of the molecule is C=C(C)Cc1cccc2[nH]c(-c3ccc(-c4nc5c(CC(=C)C)cccc5[nH]4)cc3)nc12. The van der Waals surface area contributed by atoms with Crippen molar-refractivity contribution in [1.29, 1.82) is 0 Å². The van der Waals surface area contributed by atoms with Gasteiger partial charge in [-0.15, -0.1) is 0 Å². The number of allylic oxidation sites excluding steroid dienone is 2. The fourth-order valence-corrected chi connectivity index (χ4v) is 4.18. The van der Waals surface area contributed by atoms with Gasteiger partial charge in [0.25, 0.3) is 0 Å². The molecule has 0 aliphatic carbocycles. The Morgan fingerprint density at radius 2 is 1.06 bits per heavy atom. The van der Waals surface area contributed by atoms with Gasteiger partial charge in [-0.25, -0.2) is 9.97 Å². The lowest BCUT2D eigenvalue weighted by atomic mass is 10.1. The minimum absolute atomic E-state index is 0.833. The number of benzene rings is 3. The lowest BCUT2D eigenvalue weighted by Gasteiger charge is -2.01. The molecule has 0 aliphatic heterocycles. The Kier molecular flexibility index (Phi) is 4.98. The van der Waals surface area contributed by atoms with Gasteiger partial charge in [-0.1, -0.05) is 72.8 Å². The van der Waals surface area contributed by atoms with E-state index in [1.54, 1.807) is 0 Å². The summed E-state index contributed by atoms with van der Waals surface area (Å²) in [6, 6.07) is 20.9. The number of aromatic nitrogens is 4. The van der Waals surface area contributed by atoms with Crippen molar-refractivity contribution in [2.75, 3.05) is 0 Å². The molecule has 0 unspecified atom stereocenters. The van der Waals surface area contributed by atoms with Crippen molar-refractivity contribution in [2.45, 2.75) is 26.7 Å². The summed E-state index contributed by atoms with van der Waals surface area (Å²) in [5.74, 6) is 1.74. The maximum absolute atomic E-state index is 4.88. The van der Waals surface area contributed by atoms with E-state index < -0.39 is 0 Å². The molecule has 0 bridgehead atoms. The number of H-pyrrole nitrogens is 2. The lowest BCUT2D eigenvalue weighted by Crippen LogP contribution is -1.87. The number of aromatic amines is 2. The van der Waals surface area contributed by atoms with Crippen LogP contribution in [0.15, 0.2) is 85.0 Å². The zero-order chi connectivity index (χ0) is 22.2. The van der Waals surface area contributed by atoms with Gasteiger partial charge >= 0.3 is 0 Å². The minimum Gasteiger partial charge on any atom is -0.338 e. The molecule has 0 saturated heterocycles. The van der Waals surface area contributed by atoms with Gasteiger partial charge in [0.1, 0.15) is 11.6 Å². The average Bonchev–Trinajstić information content (AvgIpc) is 3.39. The van der Waals surface area contributed by atoms with E-state index in [0.29, 0.717) is 0 Å². The molecule has 4 heteroatoms. The molecule has 32 heavy (non-hydrogen) atoms. The molecule has 0 radical (unpaired) electrons. The number of para-hydroxylation sites is 2. The normalized spacial score (nSPS) is 11.3. The summed E-state index contributed by atoms with van der Waals surface area (Å²) in [7, 11) is 0. The third-order valence-electron chi connectivity index (χ3n) is 5.61. The fourth-order valence-electron chi connectivity index (χ4n) is 4.18. The first kappa shape index (κ1) is 20.0. The summed E-state index contributed by atoms with van der Waals surface area (Å²) in [4.78, 5) is 16.7. The Morgan fingerprint density at radius 1 is 0.656 bits per heavy atom. The van der Waals surface area contributed by atoms with Crippen LogP contribution >= 0.6 is 0 Å². The second kappa shape index (κ2) is 7.97.